The standard InChI is InChI=1S/C18H25BrO4Si.C17H24O4Si/c1-18(2,3)24(4,5)23-12-6-7-14-13(8-9-20)15(11-19)17(21)22-16(14)10-12;1-17(2,3)22(4,5)21-13-6-7-14-12(8-9-18)10-16(19)20-15(14)11-13/h6-7,10,20H,8-9,11H2,1-5H3;6-7,10-11,18H,8-9H2,1-5H3. The smallest absolute Gasteiger partial charge is 0.340 e. The summed E-state index contributed by atoms with van der Waals surface area (Å²) in [6, 6.07) is 12.6. The van der Waals surface area contributed by atoms with Crippen LogP contribution in [0.5, 0.6) is 11.5 Å². The van der Waals surface area contributed by atoms with Crippen LogP contribution in [0.2, 0.25) is 36.3 Å². The van der Waals surface area contributed by atoms with Crippen LogP contribution in [0.4, 0.5) is 0 Å². The minimum atomic E-state index is -1.96. The van der Waals surface area contributed by atoms with Gasteiger partial charge in [-0.05, 0) is 84.5 Å². The molecule has 0 radical (unpaired) electrons. The maximum atomic E-state index is 12.2. The number of hydrogen-bond acceptors (Lipinski definition) is 8. The molecule has 2 heterocycles. The molecule has 0 spiro atoms. The Hall–Kier alpha value is -2.71. The van der Waals surface area contributed by atoms with Gasteiger partial charge >= 0.3 is 11.3 Å². The van der Waals surface area contributed by atoms with Crippen LogP contribution < -0.4 is 20.1 Å². The Kier molecular flexibility index (Phi) is 12.0. The first-order chi connectivity index (χ1) is 21.2. The molecule has 8 nitrogen and oxygen atoms in total. The minimum Gasteiger partial charge on any atom is -0.543 e. The molecule has 0 aliphatic rings. The van der Waals surface area contributed by atoms with Crippen LogP contribution in [-0.2, 0) is 18.2 Å². The summed E-state index contributed by atoms with van der Waals surface area (Å²) in [5.74, 6) is 1.45. The second-order valence-electron chi connectivity index (χ2n) is 14.6. The van der Waals surface area contributed by atoms with Crippen LogP contribution in [0, 0.1) is 0 Å². The summed E-state index contributed by atoms with van der Waals surface area (Å²) < 4.78 is 23.3. The Morgan fingerprint density at radius 2 is 1.17 bits per heavy atom. The van der Waals surface area contributed by atoms with E-state index in [1.54, 1.807) is 12.1 Å². The molecule has 0 aliphatic carbocycles. The molecule has 2 N–H and O–H groups in total. The number of halogens is 1. The molecule has 4 rings (SSSR count). The lowest BCUT2D eigenvalue weighted by Gasteiger charge is -2.36. The molecule has 252 valence electrons. The van der Waals surface area contributed by atoms with Crippen molar-refractivity contribution in [3.05, 3.63) is 80.0 Å². The van der Waals surface area contributed by atoms with Crippen LogP contribution >= 0.6 is 15.9 Å². The van der Waals surface area contributed by atoms with Crippen LogP contribution in [-0.4, -0.2) is 40.1 Å². The van der Waals surface area contributed by atoms with E-state index >= 15 is 0 Å². The summed E-state index contributed by atoms with van der Waals surface area (Å²) in [6.45, 7) is 21.8. The fourth-order valence-corrected chi connectivity index (χ4v) is 6.99. The number of alkyl halides is 1. The second kappa shape index (κ2) is 14.6. The molecule has 0 unspecified atom stereocenters. The molecule has 0 amide bonds. The van der Waals surface area contributed by atoms with Gasteiger partial charge in [-0.15, -0.1) is 0 Å². The molecular weight excluding hydrogens is 684 g/mol. The molecule has 2 aromatic heterocycles. The van der Waals surface area contributed by atoms with E-state index in [9.17, 15) is 14.7 Å². The van der Waals surface area contributed by atoms with Crippen molar-refractivity contribution in [1.29, 1.82) is 0 Å². The lowest BCUT2D eigenvalue weighted by Crippen LogP contribution is -2.43. The van der Waals surface area contributed by atoms with Gasteiger partial charge in [0.15, 0.2) is 0 Å². The van der Waals surface area contributed by atoms with E-state index in [1.807, 2.05) is 24.3 Å². The van der Waals surface area contributed by atoms with Crippen LogP contribution in [0.1, 0.15) is 58.2 Å². The summed E-state index contributed by atoms with van der Waals surface area (Å²) >= 11 is 3.33. The van der Waals surface area contributed by atoms with E-state index < -0.39 is 22.3 Å². The fourth-order valence-electron chi connectivity index (χ4n) is 4.38. The summed E-state index contributed by atoms with van der Waals surface area (Å²) in [7, 11) is -3.90. The van der Waals surface area contributed by atoms with Crippen molar-refractivity contribution in [1.82, 2.24) is 0 Å². The molecule has 2 aromatic carbocycles. The van der Waals surface area contributed by atoms with E-state index in [-0.39, 0.29) is 28.9 Å². The first-order valence-corrected chi connectivity index (χ1v) is 22.5. The van der Waals surface area contributed by atoms with Crippen molar-refractivity contribution >= 4 is 54.5 Å². The quantitative estimate of drug-likeness (QED) is 0.100. The fraction of sp³-hybridized carbons (Fsp3) is 0.486. The molecule has 4 aromatic rings. The van der Waals surface area contributed by atoms with Gasteiger partial charge in [0.25, 0.3) is 0 Å². The average molecular weight is 734 g/mol. The van der Waals surface area contributed by atoms with Crippen molar-refractivity contribution in [2.24, 2.45) is 0 Å². The van der Waals surface area contributed by atoms with E-state index in [1.165, 1.54) is 6.07 Å². The maximum Gasteiger partial charge on any atom is 0.340 e. The summed E-state index contributed by atoms with van der Waals surface area (Å²) in [4.78, 5) is 23.9. The molecule has 11 heteroatoms. The van der Waals surface area contributed by atoms with Crippen LogP contribution in [0.15, 0.2) is 60.9 Å². The van der Waals surface area contributed by atoms with Crippen molar-refractivity contribution < 1.29 is 27.9 Å². The lowest BCUT2D eigenvalue weighted by atomic mass is 10.0. The van der Waals surface area contributed by atoms with Crippen LogP contribution in [0.3, 0.4) is 0 Å². The number of aliphatic hydroxyl groups excluding tert-OH is 2. The number of benzene rings is 2. The highest BCUT2D eigenvalue weighted by Crippen LogP contribution is 2.39. The highest BCUT2D eigenvalue weighted by Gasteiger charge is 2.40. The molecule has 0 aliphatic heterocycles. The summed E-state index contributed by atoms with van der Waals surface area (Å²) in [6.07, 6.45) is 0.857. The zero-order chi connectivity index (χ0) is 34.7. The summed E-state index contributed by atoms with van der Waals surface area (Å²) in [5.41, 5.74) is 2.44. The largest absolute Gasteiger partial charge is 0.543 e. The van der Waals surface area contributed by atoms with Crippen molar-refractivity contribution in [3.8, 4) is 11.5 Å². The molecular formula is C35H49BrO8Si2. The van der Waals surface area contributed by atoms with E-state index in [0.29, 0.717) is 34.9 Å². The minimum absolute atomic E-state index is 0.000767. The van der Waals surface area contributed by atoms with Gasteiger partial charge in [-0.3, -0.25) is 0 Å². The van der Waals surface area contributed by atoms with Crippen molar-refractivity contribution in [3.63, 3.8) is 0 Å². The molecule has 0 saturated heterocycles. The third-order valence-electron chi connectivity index (χ3n) is 9.13. The molecule has 0 bridgehead atoms. The first-order valence-electron chi connectivity index (χ1n) is 15.6. The van der Waals surface area contributed by atoms with Gasteiger partial charge in [-0.2, -0.15) is 0 Å². The number of rotatable bonds is 9. The van der Waals surface area contributed by atoms with E-state index in [0.717, 1.165) is 33.4 Å². The predicted octanol–water partition coefficient (Wildman–Crippen LogP) is 8.32. The topological polar surface area (TPSA) is 119 Å². The average Bonchev–Trinajstić information content (AvgIpc) is 2.91. The first kappa shape index (κ1) is 37.7. The number of fused-ring (bicyclic) bond motifs is 2. The van der Waals surface area contributed by atoms with Crippen molar-refractivity contribution in [2.75, 3.05) is 13.2 Å². The van der Waals surface area contributed by atoms with Gasteiger partial charge in [0.05, 0.1) is 5.56 Å². The lowest BCUT2D eigenvalue weighted by molar-refractivity contribution is 0.299. The Morgan fingerprint density at radius 3 is 1.63 bits per heavy atom. The van der Waals surface area contributed by atoms with Gasteiger partial charge < -0.3 is 27.9 Å². The maximum absolute atomic E-state index is 12.2. The van der Waals surface area contributed by atoms with Crippen molar-refractivity contribution in [2.45, 2.75) is 96.0 Å². The van der Waals surface area contributed by atoms with Gasteiger partial charge in [-0.25, -0.2) is 9.59 Å². The predicted molar refractivity (Wildman–Crippen MR) is 195 cm³/mol. The van der Waals surface area contributed by atoms with Gasteiger partial charge in [0.2, 0.25) is 16.6 Å². The van der Waals surface area contributed by atoms with Gasteiger partial charge in [0, 0.05) is 47.5 Å². The normalized spacial score (nSPS) is 12.6. The summed E-state index contributed by atoms with van der Waals surface area (Å²) in [5, 5.41) is 20.7. The SMILES string of the molecule is CC(C)(C)[Si](C)(C)Oc1ccc2c(CCO)c(CBr)c(=O)oc2c1.CC(C)(C)[Si](C)(C)Oc1ccc2c(CCO)cc(=O)oc2c1. The molecule has 0 saturated carbocycles. The third-order valence-corrected chi connectivity index (χ3v) is 18.4. The monoisotopic (exact) mass is 732 g/mol. The third kappa shape index (κ3) is 8.80. The van der Waals surface area contributed by atoms with E-state index in [2.05, 4.69) is 83.7 Å². The zero-order valence-corrected chi connectivity index (χ0v) is 32.4. The Morgan fingerprint density at radius 1 is 0.696 bits per heavy atom. The van der Waals surface area contributed by atoms with Gasteiger partial charge in [-0.1, -0.05) is 57.5 Å². The zero-order valence-electron chi connectivity index (χ0n) is 28.8. The molecule has 46 heavy (non-hydrogen) atoms. The second-order valence-corrected chi connectivity index (χ2v) is 24.6. The van der Waals surface area contributed by atoms with E-state index in [4.69, 9.17) is 22.8 Å². The highest BCUT2D eigenvalue weighted by atomic mass is 79.9. The number of hydrogen-bond donors (Lipinski definition) is 2. The van der Waals surface area contributed by atoms with Crippen LogP contribution in [0.25, 0.3) is 21.9 Å². The Bertz CT molecular complexity index is 1780. The highest BCUT2D eigenvalue weighted by molar-refractivity contribution is 9.08. The van der Waals surface area contributed by atoms with Gasteiger partial charge in [0.1, 0.15) is 22.7 Å². The molecule has 0 atom stereocenters. The Balaban J connectivity index is 0.000000251. The Labute approximate surface area is 282 Å². The molecule has 0 fully saturated rings. The number of aliphatic hydroxyl groups is 2.